The molecule has 0 saturated carbocycles. The van der Waals surface area contributed by atoms with E-state index >= 15 is 0 Å². The highest BCUT2D eigenvalue weighted by Crippen LogP contribution is 2.29. The molecule has 0 bridgehead atoms. The smallest absolute Gasteiger partial charge is 0.229 e. The summed E-state index contributed by atoms with van der Waals surface area (Å²) >= 11 is 7.21. The van der Waals surface area contributed by atoms with E-state index in [1.807, 2.05) is 12.1 Å². The Morgan fingerprint density at radius 3 is 2.32 bits per heavy atom. The van der Waals surface area contributed by atoms with Crippen molar-refractivity contribution in [2.24, 2.45) is 0 Å². The SMILES string of the molecule is Brc1ccccc1N1C=[N+](c2ccccc2Br)CC1. The minimum Gasteiger partial charge on any atom is -0.229 e. The predicted octanol–water partition coefficient (Wildman–Crippen LogP) is 4.40. The quantitative estimate of drug-likeness (QED) is 0.699. The fourth-order valence-electron chi connectivity index (χ4n) is 2.23. The second-order valence-electron chi connectivity index (χ2n) is 4.41. The number of halogens is 2. The van der Waals surface area contributed by atoms with Crippen molar-refractivity contribution in [2.75, 3.05) is 18.0 Å². The molecule has 0 aliphatic carbocycles. The molecule has 1 heterocycles. The van der Waals surface area contributed by atoms with Gasteiger partial charge in [-0.05, 0) is 56.1 Å². The Bertz CT molecular complexity index is 638. The monoisotopic (exact) mass is 379 g/mol. The average Bonchev–Trinajstić information content (AvgIpc) is 2.89. The van der Waals surface area contributed by atoms with Crippen molar-refractivity contribution in [2.45, 2.75) is 0 Å². The van der Waals surface area contributed by atoms with Gasteiger partial charge in [-0.3, -0.25) is 0 Å². The highest BCUT2D eigenvalue weighted by Gasteiger charge is 2.24. The Morgan fingerprint density at radius 2 is 1.58 bits per heavy atom. The number of para-hydroxylation sites is 2. The Kier molecular flexibility index (Phi) is 3.71. The molecular weight excluding hydrogens is 368 g/mol. The van der Waals surface area contributed by atoms with Crippen molar-refractivity contribution in [3.63, 3.8) is 0 Å². The van der Waals surface area contributed by atoms with Gasteiger partial charge in [-0.25, -0.2) is 9.48 Å². The van der Waals surface area contributed by atoms with Crippen LogP contribution >= 0.6 is 31.9 Å². The molecule has 4 heteroatoms. The number of hydrogen-bond donors (Lipinski definition) is 0. The van der Waals surface area contributed by atoms with Crippen LogP contribution in [-0.2, 0) is 0 Å². The zero-order valence-corrected chi connectivity index (χ0v) is 13.4. The molecule has 2 aromatic rings. The first-order valence-electron chi connectivity index (χ1n) is 6.13. The number of nitrogens with zero attached hydrogens (tertiary/aromatic N) is 2. The summed E-state index contributed by atoms with van der Waals surface area (Å²) in [4.78, 5) is 2.27. The maximum absolute atomic E-state index is 3.61. The maximum atomic E-state index is 3.61. The molecule has 0 N–H and O–H groups in total. The Morgan fingerprint density at radius 1 is 0.895 bits per heavy atom. The van der Waals surface area contributed by atoms with E-state index in [-0.39, 0.29) is 0 Å². The first-order valence-corrected chi connectivity index (χ1v) is 7.71. The summed E-state index contributed by atoms with van der Waals surface area (Å²) in [6, 6.07) is 16.6. The molecule has 0 aromatic heterocycles. The van der Waals surface area contributed by atoms with Gasteiger partial charge < -0.3 is 0 Å². The van der Waals surface area contributed by atoms with Crippen LogP contribution in [0.25, 0.3) is 0 Å². The van der Waals surface area contributed by atoms with Gasteiger partial charge in [0.1, 0.15) is 24.5 Å². The molecule has 2 aromatic carbocycles. The van der Waals surface area contributed by atoms with Gasteiger partial charge in [0, 0.05) is 0 Å². The van der Waals surface area contributed by atoms with E-state index in [0.29, 0.717) is 0 Å². The molecule has 0 unspecified atom stereocenters. The van der Waals surface area contributed by atoms with Crippen molar-refractivity contribution < 1.29 is 4.58 Å². The summed E-state index contributed by atoms with van der Waals surface area (Å²) in [5.74, 6) is 0. The van der Waals surface area contributed by atoms with Crippen LogP contribution < -0.4 is 4.90 Å². The van der Waals surface area contributed by atoms with E-state index in [2.05, 4.69) is 84.1 Å². The van der Waals surface area contributed by atoms with Crippen molar-refractivity contribution in [3.8, 4) is 0 Å². The molecule has 0 saturated heterocycles. The fourth-order valence-corrected chi connectivity index (χ4v) is 3.26. The van der Waals surface area contributed by atoms with Crippen molar-refractivity contribution in [3.05, 3.63) is 57.5 Å². The molecule has 0 amide bonds. The molecule has 2 nitrogen and oxygen atoms in total. The average molecular weight is 381 g/mol. The van der Waals surface area contributed by atoms with Gasteiger partial charge in [0.2, 0.25) is 6.34 Å². The Balaban J connectivity index is 1.94. The molecule has 0 spiro atoms. The van der Waals surface area contributed by atoms with E-state index < -0.39 is 0 Å². The molecule has 1 aliphatic rings. The molecule has 0 atom stereocenters. The lowest BCUT2D eigenvalue weighted by Crippen LogP contribution is -2.18. The highest BCUT2D eigenvalue weighted by molar-refractivity contribution is 9.11. The van der Waals surface area contributed by atoms with E-state index in [4.69, 9.17) is 0 Å². The predicted molar refractivity (Wildman–Crippen MR) is 86.5 cm³/mol. The molecule has 1 aliphatic heterocycles. The maximum Gasteiger partial charge on any atom is 0.244 e. The molecular formula is C15H13Br2N2+. The summed E-state index contributed by atoms with van der Waals surface area (Å²) in [5.41, 5.74) is 2.41. The zero-order valence-electron chi connectivity index (χ0n) is 10.3. The Hall–Kier alpha value is -1.13. The number of rotatable bonds is 2. The summed E-state index contributed by atoms with van der Waals surface area (Å²) in [6.07, 6.45) is 2.17. The number of anilines is 1. The van der Waals surface area contributed by atoms with E-state index in [1.54, 1.807) is 0 Å². The van der Waals surface area contributed by atoms with Crippen LogP contribution in [-0.4, -0.2) is 24.0 Å². The van der Waals surface area contributed by atoms with E-state index in [1.165, 1.54) is 11.4 Å². The van der Waals surface area contributed by atoms with Gasteiger partial charge in [0.15, 0.2) is 0 Å². The molecule has 0 radical (unpaired) electrons. The lowest BCUT2D eigenvalue weighted by atomic mass is 10.3. The summed E-state index contributed by atoms with van der Waals surface area (Å²) in [5, 5.41) is 0. The number of hydrogen-bond acceptors (Lipinski definition) is 1. The summed E-state index contributed by atoms with van der Waals surface area (Å²) in [6.45, 7) is 1.98. The minimum atomic E-state index is 0.990. The lowest BCUT2D eigenvalue weighted by Gasteiger charge is -2.07. The fraction of sp³-hybridized carbons (Fsp3) is 0.133. The lowest BCUT2D eigenvalue weighted by molar-refractivity contribution is -0.424. The standard InChI is InChI=1S/C15H13Br2N2/c16-12-5-1-3-7-14(12)18-9-10-19(11-18)15-8-4-2-6-13(15)17/h1-8,11H,9-10H2/q+1. The van der Waals surface area contributed by atoms with Crippen LogP contribution in [0.2, 0.25) is 0 Å². The summed E-state index contributed by atoms with van der Waals surface area (Å²) < 4.78 is 4.52. The normalized spacial score (nSPS) is 14.6. The van der Waals surface area contributed by atoms with Gasteiger partial charge in [-0.15, -0.1) is 0 Å². The molecule has 3 rings (SSSR count). The summed E-state index contributed by atoms with van der Waals surface area (Å²) in [7, 11) is 0. The molecule has 0 fully saturated rings. The Labute approximate surface area is 129 Å². The van der Waals surface area contributed by atoms with Crippen LogP contribution in [0.3, 0.4) is 0 Å². The third kappa shape index (κ3) is 2.60. The van der Waals surface area contributed by atoms with Gasteiger partial charge in [0.25, 0.3) is 0 Å². The third-order valence-corrected chi connectivity index (χ3v) is 4.53. The third-order valence-electron chi connectivity index (χ3n) is 3.18. The van der Waals surface area contributed by atoms with Crippen molar-refractivity contribution >= 4 is 49.6 Å². The second-order valence-corrected chi connectivity index (χ2v) is 6.11. The highest BCUT2D eigenvalue weighted by atomic mass is 79.9. The van der Waals surface area contributed by atoms with E-state index in [0.717, 1.165) is 22.0 Å². The van der Waals surface area contributed by atoms with Gasteiger partial charge in [-0.2, -0.15) is 0 Å². The minimum absolute atomic E-state index is 0.990. The van der Waals surface area contributed by atoms with Gasteiger partial charge >= 0.3 is 0 Å². The number of benzene rings is 2. The second kappa shape index (κ2) is 5.47. The van der Waals surface area contributed by atoms with Crippen LogP contribution in [0.15, 0.2) is 57.5 Å². The molecule has 19 heavy (non-hydrogen) atoms. The van der Waals surface area contributed by atoms with Gasteiger partial charge in [0.05, 0.1) is 8.95 Å². The van der Waals surface area contributed by atoms with Gasteiger partial charge in [-0.1, -0.05) is 24.3 Å². The van der Waals surface area contributed by atoms with Crippen molar-refractivity contribution in [1.29, 1.82) is 0 Å². The van der Waals surface area contributed by atoms with Crippen LogP contribution in [0.4, 0.5) is 11.4 Å². The van der Waals surface area contributed by atoms with E-state index in [9.17, 15) is 0 Å². The van der Waals surface area contributed by atoms with Crippen LogP contribution in [0.5, 0.6) is 0 Å². The largest absolute Gasteiger partial charge is 0.244 e. The van der Waals surface area contributed by atoms with Crippen molar-refractivity contribution in [1.82, 2.24) is 0 Å². The molecule has 96 valence electrons. The first-order chi connectivity index (χ1) is 9.25. The first kappa shape index (κ1) is 12.9. The van der Waals surface area contributed by atoms with Crippen LogP contribution in [0, 0.1) is 0 Å². The topological polar surface area (TPSA) is 6.25 Å². The zero-order chi connectivity index (χ0) is 13.2. The van der Waals surface area contributed by atoms with Crippen LogP contribution in [0.1, 0.15) is 0 Å².